The SMILES string of the molecule is N#Cc1cc(F)cc(NCC2COCCO2)c1. The third-order valence-electron chi connectivity index (χ3n) is 2.45. The number of nitrogens with zero attached hydrogens (tertiary/aromatic N) is 1. The van der Waals surface area contributed by atoms with Gasteiger partial charge in [0.15, 0.2) is 0 Å². The van der Waals surface area contributed by atoms with Gasteiger partial charge in [-0.15, -0.1) is 0 Å². The minimum Gasteiger partial charge on any atom is -0.382 e. The highest BCUT2D eigenvalue weighted by atomic mass is 19.1. The van der Waals surface area contributed by atoms with Gasteiger partial charge < -0.3 is 14.8 Å². The minimum atomic E-state index is -0.424. The van der Waals surface area contributed by atoms with Crippen LogP contribution >= 0.6 is 0 Å². The van der Waals surface area contributed by atoms with Crippen molar-refractivity contribution in [2.75, 3.05) is 31.7 Å². The number of hydrogen-bond acceptors (Lipinski definition) is 4. The fourth-order valence-electron chi connectivity index (χ4n) is 1.64. The van der Waals surface area contributed by atoms with E-state index in [0.717, 1.165) is 0 Å². The monoisotopic (exact) mass is 236 g/mol. The van der Waals surface area contributed by atoms with E-state index in [1.54, 1.807) is 6.07 Å². The van der Waals surface area contributed by atoms with Gasteiger partial charge in [-0.1, -0.05) is 0 Å². The van der Waals surface area contributed by atoms with Crippen LogP contribution < -0.4 is 5.32 Å². The van der Waals surface area contributed by atoms with Gasteiger partial charge in [0.2, 0.25) is 0 Å². The number of benzene rings is 1. The maximum atomic E-state index is 13.1. The Kier molecular flexibility index (Phi) is 3.91. The molecule has 1 saturated heterocycles. The predicted molar refractivity (Wildman–Crippen MR) is 60.2 cm³/mol. The van der Waals surface area contributed by atoms with Crippen LogP contribution in [0, 0.1) is 17.1 Å². The Labute approximate surface area is 99.0 Å². The first-order chi connectivity index (χ1) is 8.28. The van der Waals surface area contributed by atoms with E-state index in [0.29, 0.717) is 37.6 Å². The molecule has 1 atom stereocenters. The Balaban J connectivity index is 1.94. The molecule has 5 heteroatoms. The van der Waals surface area contributed by atoms with Gasteiger partial charge in [0.1, 0.15) is 5.82 Å². The number of halogens is 1. The smallest absolute Gasteiger partial charge is 0.126 e. The van der Waals surface area contributed by atoms with E-state index in [9.17, 15) is 4.39 Å². The quantitative estimate of drug-likeness (QED) is 0.864. The van der Waals surface area contributed by atoms with Gasteiger partial charge in [-0.3, -0.25) is 0 Å². The molecule has 0 aromatic heterocycles. The molecule has 1 fully saturated rings. The number of ether oxygens (including phenoxy) is 2. The Morgan fingerprint density at radius 2 is 2.29 bits per heavy atom. The van der Waals surface area contributed by atoms with Crippen LogP contribution in [0.2, 0.25) is 0 Å². The van der Waals surface area contributed by atoms with Crippen molar-refractivity contribution in [3.05, 3.63) is 29.6 Å². The fraction of sp³-hybridized carbons (Fsp3) is 0.417. The fourth-order valence-corrected chi connectivity index (χ4v) is 1.64. The van der Waals surface area contributed by atoms with E-state index in [4.69, 9.17) is 14.7 Å². The van der Waals surface area contributed by atoms with Gasteiger partial charge in [0, 0.05) is 12.2 Å². The lowest BCUT2D eigenvalue weighted by Crippen LogP contribution is -2.34. The summed E-state index contributed by atoms with van der Waals surface area (Å²) in [6.07, 6.45) is -0.0300. The number of rotatable bonds is 3. The highest BCUT2D eigenvalue weighted by Crippen LogP contribution is 2.14. The average Bonchev–Trinajstić information content (AvgIpc) is 2.37. The molecule has 1 aromatic rings. The van der Waals surface area contributed by atoms with E-state index in [-0.39, 0.29) is 6.10 Å². The second-order valence-electron chi connectivity index (χ2n) is 3.79. The molecule has 0 radical (unpaired) electrons. The zero-order chi connectivity index (χ0) is 12.1. The predicted octanol–water partition coefficient (Wildman–Crippen LogP) is 1.52. The van der Waals surface area contributed by atoms with Crippen LogP contribution in [0.1, 0.15) is 5.56 Å². The summed E-state index contributed by atoms with van der Waals surface area (Å²) in [5.74, 6) is -0.424. The highest BCUT2D eigenvalue weighted by molar-refractivity contribution is 5.49. The molecule has 2 rings (SSSR count). The number of nitrogens with one attached hydrogen (secondary N) is 1. The number of nitriles is 1. The van der Waals surface area contributed by atoms with Crippen LogP contribution in [0.5, 0.6) is 0 Å². The lowest BCUT2D eigenvalue weighted by atomic mass is 10.2. The van der Waals surface area contributed by atoms with Gasteiger partial charge in [-0.05, 0) is 18.2 Å². The van der Waals surface area contributed by atoms with Crippen LogP contribution in [0.4, 0.5) is 10.1 Å². The highest BCUT2D eigenvalue weighted by Gasteiger charge is 2.13. The van der Waals surface area contributed by atoms with Crippen molar-refractivity contribution in [1.82, 2.24) is 0 Å². The Bertz CT molecular complexity index is 425. The first-order valence-corrected chi connectivity index (χ1v) is 5.42. The van der Waals surface area contributed by atoms with Gasteiger partial charge in [-0.2, -0.15) is 5.26 Å². The number of hydrogen-bond donors (Lipinski definition) is 1. The Morgan fingerprint density at radius 3 is 3.00 bits per heavy atom. The summed E-state index contributed by atoms with van der Waals surface area (Å²) < 4.78 is 23.8. The molecule has 1 N–H and O–H groups in total. The van der Waals surface area contributed by atoms with Crippen molar-refractivity contribution >= 4 is 5.69 Å². The maximum absolute atomic E-state index is 13.1. The lowest BCUT2D eigenvalue weighted by molar-refractivity contribution is -0.0818. The van der Waals surface area contributed by atoms with Crippen molar-refractivity contribution in [1.29, 1.82) is 5.26 Å². The van der Waals surface area contributed by atoms with Crippen molar-refractivity contribution in [2.24, 2.45) is 0 Å². The zero-order valence-electron chi connectivity index (χ0n) is 9.28. The zero-order valence-corrected chi connectivity index (χ0v) is 9.28. The van der Waals surface area contributed by atoms with E-state index >= 15 is 0 Å². The molecule has 1 aromatic carbocycles. The van der Waals surface area contributed by atoms with Crippen LogP contribution in [-0.4, -0.2) is 32.5 Å². The van der Waals surface area contributed by atoms with Gasteiger partial charge in [-0.25, -0.2) is 4.39 Å². The summed E-state index contributed by atoms with van der Waals surface area (Å²) in [7, 11) is 0. The van der Waals surface area contributed by atoms with Crippen LogP contribution in [0.3, 0.4) is 0 Å². The van der Waals surface area contributed by atoms with Gasteiger partial charge in [0.05, 0.1) is 37.6 Å². The van der Waals surface area contributed by atoms with Crippen molar-refractivity contribution in [2.45, 2.75) is 6.10 Å². The van der Waals surface area contributed by atoms with Gasteiger partial charge >= 0.3 is 0 Å². The molecule has 1 unspecified atom stereocenters. The van der Waals surface area contributed by atoms with E-state index in [2.05, 4.69) is 5.32 Å². The van der Waals surface area contributed by atoms with E-state index in [1.165, 1.54) is 12.1 Å². The lowest BCUT2D eigenvalue weighted by Gasteiger charge is -2.23. The summed E-state index contributed by atoms with van der Waals surface area (Å²) in [6, 6.07) is 6.07. The molecule has 0 saturated carbocycles. The molecular weight excluding hydrogens is 223 g/mol. The third kappa shape index (κ3) is 3.41. The molecule has 1 aliphatic rings. The van der Waals surface area contributed by atoms with E-state index < -0.39 is 5.82 Å². The largest absolute Gasteiger partial charge is 0.382 e. The first kappa shape index (κ1) is 11.8. The summed E-state index contributed by atoms with van der Waals surface area (Å²) >= 11 is 0. The maximum Gasteiger partial charge on any atom is 0.126 e. The molecule has 1 aliphatic heterocycles. The summed E-state index contributed by atoms with van der Waals surface area (Å²) in [4.78, 5) is 0. The van der Waals surface area contributed by atoms with Crippen molar-refractivity contribution in [3.8, 4) is 6.07 Å². The molecule has 4 nitrogen and oxygen atoms in total. The summed E-state index contributed by atoms with van der Waals surface area (Å²) in [5, 5.41) is 11.7. The second kappa shape index (κ2) is 5.62. The molecule has 0 spiro atoms. The normalized spacial score (nSPS) is 19.6. The minimum absolute atomic E-state index is 0.0300. The van der Waals surface area contributed by atoms with Crippen LogP contribution in [0.25, 0.3) is 0 Å². The standard InChI is InChI=1S/C12H13FN2O2/c13-10-3-9(6-14)4-11(5-10)15-7-12-8-16-1-2-17-12/h3-5,12,15H,1-2,7-8H2. The van der Waals surface area contributed by atoms with Crippen molar-refractivity contribution in [3.63, 3.8) is 0 Å². The summed E-state index contributed by atoms with van der Waals surface area (Å²) in [6.45, 7) is 2.27. The van der Waals surface area contributed by atoms with Crippen LogP contribution in [-0.2, 0) is 9.47 Å². The molecule has 0 aliphatic carbocycles. The Morgan fingerprint density at radius 1 is 1.41 bits per heavy atom. The number of anilines is 1. The van der Waals surface area contributed by atoms with Crippen LogP contribution in [0.15, 0.2) is 18.2 Å². The third-order valence-corrected chi connectivity index (χ3v) is 2.45. The van der Waals surface area contributed by atoms with Crippen molar-refractivity contribution < 1.29 is 13.9 Å². The molecule has 1 heterocycles. The Hall–Kier alpha value is -1.64. The molecular formula is C12H13FN2O2. The molecule has 17 heavy (non-hydrogen) atoms. The molecule has 0 bridgehead atoms. The second-order valence-corrected chi connectivity index (χ2v) is 3.79. The first-order valence-electron chi connectivity index (χ1n) is 5.42. The van der Waals surface area contributed by atoms with Gasteiger partial charge in [0.25, 0.3) is 0 Å². The topological polar surface area (TPSA) is 54.3 Å². The summed E-state index contributed by atoms with van der Waals surface area (Å²) in [5.41, 5.74) is 0.879. The van der Waals surface area contributed by atoms with E-state index in [1.807, 2.05) is 6.07 Å². The molecule has 0 amide bonds. The molecule has 90 valence electrons. The average molecular weight is 236 g/mol.